The van der Waals surface area contributed by atoms with Gasteiger partial charge in [0.25, 0.3) is 0 Å². The molecule has 0 aromatic heterocycles. The summed E-state index contributed by atoms with van der Waals surface area (Å²) >= 11 is 0. The first kappa shape index (κ1) is 27.4. The molecule has 1 N–H and O–H groups in total. The van der Waals surface area contributed by atoms with Gasteiger partial charge in [-0.2, -0.15) is 4.31 Å². The number of benzene rings is 2. The highest BCUT2D eigenvalue weighted by atomic mass is 32.2. The number of halogens is 1. The predicted octanol–water partition coefficient (Wildman–Crippen LogP) is 2.33. The molecule has 0 aliphatic heterocycles. The van der Waals surface area contributed by atoms with Gasteiger partial charge in [-0.3, -0.25) is 9.59 Å². The quantitative estimate of drug-likeness (QED) is 0.432. The largest absolute Gasteiger partial charge is 0.382 e. The zero-order valence-corrected chi connectivity index (χ0v) is 20.6. The normalized spacial score (nSPS) is 12.4. The molecule has 8 nitrogen and oxygen atoms in total. The van der Waals surface area contributed by atoms with Crippen LogP contribution in [0.5, 0.6) is 0 Å². The van der Waals surface area contributed by atoms with Gasteiger partial charge in [0.1, 0.15) is 11.9 Å². The molecule has 2 aromatic carbocycles. The standard InChI is InChI=1S/C24H32FN3O5S/c1-4-33-16-8-15-26-24(30)23(20-9-6-5-7-10-20)28(17-19-11-13-21(25)14-12-19)22(29)18-27(2)34(3,31)32/h5-7,9-14,23H,4,8,15-18H2,1-3H3,(H,26,30)/t23-/m1/s1. The summed E-state index contributed by atoms with van der Waals surface area (Å²) in [6, 6.07) is 13.4. The van der Waals surface area contributed by atoms with E-state index in [1.54, 1.807) is 30.3 Å². The van der Waals surface area contributed by atoms with Crippen LogP contribution in [-0.2, 0) is 30.9 Å². The molecule has 0 aliphatic rings. The lowest BCUT2D eigenvalue weighted by Gasteiger charge is -2.32. The minimum Gasteiger partial charge on any atom is -0.382 e. The molecule has 0 saturated heterocycles. The molecule has 10 heteroatoms. The lowest BCUT2D eigenvalue weighted by Crippen LogP contribution is -2.47. The van der Waals surface area contributed by atoms with E-state index in [2.05, 4.69) is 5.32 Å². The van der Waals surface area contributed by atoms with Crippen molar-refractivity contribution in [2.24, 2.45) is 0 Å². The highest BCUT2D eigenvalue weighted by Crippen LogP contribution is 2.24. The number of likely N-dealkylation sites (N-methyl/N-ethyl adjacent to an activating group) is 1. The third kappa shape index (κ3) is 8.51. The molecule has 2 amide bonds. The molecule has 2 rings (SSSR count). The van der Waals surface area contributed by atoms with Gasteiger partial charge in [-0.1, -0.05) is 42.5 Å². The summed E-state index contributed by atoms with van der Waals surface area (Å²) in [5.41, 5.74) is 1.17. The molecule has 2 aromatic rings. The molecule has 0 saturated carbocycles. The fourth-order valence-electron chi connectivity index (χ4n) is 3.24. The molecule has 0 spiro atoms. The zero-order chi connectivity index (χ0) is 25.1. The second-order valence-corrected chi connectivity index (χ2v) is 9.91. The predicted molar refractivity (Wildman–Crippen MR) is 128 cm³/mol. The number of rotatable bonds is 13. The average molecular weight is 494 g/mol. The first-order valence-corrected chi connectivity index (χ1v) is 12.8. The van der Waals surface area contributed by atoms with E-state index in [0.29, 0.717) is 37.3 Å². The van der Waals surface area contributed by atoms with Crippen LogP contribution < -0.4 is 5.32 Å². The molecule has 0 fully saturated rings. The lowest BCUT2D eigenvalue weighted by molar-refractivity contribution is -0.141. The van der Waals surface area contributed by atoms with Crippen LogP contribution in [0.4, 0.5) is 4.39 Å². The first-order chi connectivity index (χ1) is 16.1. The summed E-state index contributed by atoms with van der Waals surface area (Å²) in [4.78, 5) is 28.0. The number of carbonyl (C=O) groups excluding carboxylic acids is 2. The first-order valence-electron chi connectivity index (χ1n) is 11.0. The van der Waals surface area contributed by atoms with Crippen LogP contribution in [0.2, 0.25) is 0 Å². The van der Waals surface area contributed by atoms with Crippen LogP contribution in [0.25, 0.3) is 0 Å². The van der Waals surface area contributed by atoms with Gasteiger partial charge in [-0.05, 0) is 36.6 Å². The molecule has 0 radical (unpaired) electrons. The highest BCUT2D eigenvalue weighted by molar-refractivity contribution is 7.88. The molecular formula is C24H32FN3O5S. The summed E-state index contributed by atoms with van der Waals surface area (Å²) in [6.45, 7) is 2.85. The van der Waals surface area contributed by atoms with Crippen molar-refractivity contribution in [2.75, 3.05) is 39.6 Å². The summed E-state index contributed by atoms with van der Waals surface area (Å²) in [5, 5.41) is 2.85. The molecule has 0 heterocycles. The smallest absolute Gasteiger partial charge is 0.247 e. The van der Waals surface area contributed by atoms with Gasteiger partial charge in [0, 0.05) is 33.4 Å². The van der Waals surface area contributed by atoms with E-state index in [0.717, 1.165) is 10.6 Å². The van der Waals surface area contributed by atoms with Gasteiger partial charge in [-0.15, -0.1) is 0 Å². The Morgan fingerprint density at radius 3 is 2.32 bits per heavy atom. The fraction of sp³-hybridized carbons (Fsp3) is 0.417. The third-order valence-electron chi connectivity index (χ3n) is 5.15. The number of sulfonamides is 1. The van der Waals surface area contributed by atoms with Gasteiger partial charge in [0.2, 0.25) is 21.8 Å². The highest BCUT2D eigenvalue weighted by Gasteiger charge is 2.32. The molecule has 0 unspecified atom stereocenters. The van der Waals surface area contributed by atoms with Crippen LogP contribution in [0, 0.1) is 5.82 Å². The van der Waals surface area contributed by atoms with E-state index in [4.69, 9.17) is 4.74 Å². The van der Waals surface area contributed by atoms with E-state index >= 15 is 0 Å². The van der Waals surface area contributed by atoms with Crippen LogP contribution in [0.1, 0.15) is 30.5 Å². The SMILES string of the molecule is CCOCCCNC(=O)[C@@H](c1ccccc1)N(Cc1ccc(F)cc1)C(=O)CN(C)S(C)(=O)=O. The van der Waals surface area contributed by atoms with Crippen molar-refractivity contribution in [3.05, 3.63) is 71.5 Å². The summed E-state index contributed by atoms with van der Waals surface area (Å²) in [5.74, 6) is -1.39. The number of carbonyl (C=O) groups is 2. The minimum absolute atomic E-state index is 0.0113. The van der Waals surface area contributed by atoms with Crippen molar-refractivity contribution >= 4 is 21.8 Å². The lowest BCUT2D eigenvalue weighted by atomic mass is 10.0. The van der Waals surface area contributed by atoms with Crippen LogP contribution in [0.3, 0.4) is 0 Å². The molecule has 1 atom stereocenters. The third-order valence-corrected chi connectivity index (χ3v) is 6.42. The maximum atomic E-state index is 13.4. The molecular weight excluding hydrogens is 461 g/mol. The summed E-state index contributed by atoms with van der Waals surface area (Å²) in [6.07, 6.45) is 1.61. The van der Waals surface area contributed by atoms with E-state index in [9.17, 15) is 22.4 Å². The Balaban J connectivity index is 2.38. The van der Waals surface area contributed by atoms with Gasteiger partial charge >= 0.3 is 0 Å². The van der Waals surface area contributed by atoms with Gasteiger partial charge in [-0.25, -0.2) is 12.8 Å². The number of nitrogens with zero attached hydrogens (tertiary/aromatic N) is 2. The van der Waals surface area contributed by atoms with E-state index < -0.39 is 40.2 Å². The minimum atomic E-state index is -3.62. The second-order valence-electron chi connectivity index (χ2n) is 7.82. The Morgan fingerprint density at radius 2 is 1.74 bits per heavy atom. The van der Waals surface area contributed by atoms with Crippen LogP contribution in [-0.4, -0.2) is 69.0 Å². The summed E-state index contributed by atoms with van der Waals surface area (Å²) < 4.78 is 43.5. The van der Waals surface area contributed by atoms with Crippen molar-refractivity contribution < 1.29 is 27.1 Å². The maximum Gasteiger partial charge on any atom is 0.247 e. The number of hydrogen-bond donors (Lipinski definition) is 1. The van der Waals surface area contributed by atoms with Crippen molar-refractivity contribution in [1.82, 2.24) is 14.5 Å². The van der Waals surface area contributed by atoms with E-state index in [-0.39, 0.29) is 6.54 Å². The summed E-state index contributed by atoms with van der Waals surface area (Å²) in [7, 11) is -2.32. The van der Waals surface area contributed by atoms with Crippen molar-refractivity contribution in [2.45, 2.75) is 25.9 Å². The molecule has 186 valence electrons. The fourth-order valence-corrected chi connectivity index (χ4v) is 3.59. The van der Waals surface area contributed by atoms with Crippen molar-refractivity contribution in [1.29, 1.82) is 0 Å². The Morgan fingerprint density at radius 1 is 1.09 bits per heavy atom. The Labute approximate surface area is 200 Å². The van der Waals surface area contributed by atoms with E-state index in [1.807, 2.05) is 6.92 Å². The van der Waals surface area contributed by atoms with Crippen LogP contribution >= 0.6 is 0 Å². The van der Waals surface area contributed by atoms with Crippen LogP contribution in [0.15, 0.2) is 54.6 Å². The molecule has 0 aliphatic carbocycles. The number of amides is 2. The van der Waals surface area contributed by atoms with E-state index in [1.165, 1.54) is 36.2 Å². The van der Waals surface area contributed by atoms with Crippen molar-refractivity contribution in [3.8, 4) is 0 Å². The van der Waals surface area contributed by atoms with Crippen molar-refractivity contribution in [3.63, 3.8) is 0 Å². The number of nitrogens with one attached hydrogen (secondary N) is 1. The monoisotopic (exact) mass is 493 g/mol. The topological polar surface area (TPSA) is 96.0 Å². The Kier molecular flexibility index (Phi) is 10.6. The number of hydrogen-bond acceptors (Lipinski definition) is 5. The Hall–Kier alpha value is -2.82. The number of ether oxygens (including phenoxy) is 1. The van der Waals surface area contributed by atoms with Gasteiger partial charge < -0.3 is 15.0 Å². The molecule has 34 heavy (non-hydrogen) atoms. The zero-order valence-electron chi connectivity index (χ0n) is 19.7. The Bertz CT molecular complexity index is 1030. The maximum absolute atomic E-state index is 13.4. The van der Waals surface area contributed by atoms with Gasteiger partial charge in [0.15, 0.2) is 0 Å². The molecule has 0 bridgehead atoms. The van der Waals surface area contributed by atoms with Gasteiger partial charge in [0.05, 0.1) is 12.8 Å². The average Bonchev–Trinajstić information content (AvgIpc) is 2.80. The second kappa shape index (κ2) is 13.2.